The fourth-order valence-corrected chi connectivity index (χ4v) is 1.98. The maximum Gasteiger partial charge on any atom is 0.213 e. The average molecular weight is 241 g/mol. The van der Waals surface area contributed by atoms with Crippen molar-refractivity contribution < 1.29 is 14.3 Å². The molecule has 2 heterocycles. The zero-order valence-corrected chi connectivity index (χ0v) is 9.84. The molecular formula is C14H11NO3. The molecule has 18 heavy (non-hydrogen) atoms. The van der Waals surface area contributed by atoms with Gasteiger partial charge in [-0.05, 0) is 18.2 Å². The van der Waals surface area contributed by atoms with Crippen LogP contribution in [0.3, 0.4) is 0 Å². The largest absolute Gasteiger partial charge is 0.486 e. The molecule has 0 radical (unpaired) electrons. The molecule has 0 atom stereocenters. The maximum atomic E-state index is 12.4. The van der Waals surface area contributed by atoms with E-state index in [2.05, 4.69) is 4.98 Å². The van der Waals surface area contributed by atoms with Crippen molar-refractivity contribution in [2.45, 2.75) is 6.61 Å². The highest BCUT2D eigenvalue weighted by atomic mass is 16.5. The van der Waals surface area contributed by atoms with Crippen molar-refractivity contribution in [3.05, 3.63) is 53.2 Å². The lowest BCUT2D eigenvalue weighted by Crippen LogP contribution is -2.05. The third-order valence-electron chi connectivity index (χ3n) is 2.90. The van der Waals surface area contributed by atoms with Crippen LogP contribution in [0.1, 0.15) is 21.6 Å². The van der Waals surface area contributed by atoms with Crippen molar-refractivity contribution in [3.63, 3.8) is 0 Å². The first kappa shape index (κ1) is 10.8. The summed E-state index contributed by atoms with van der Waals surface area (Å²) in [6, 6.07) is 10.6. The molecule has 4 nitrogen and oxygen atoms in total. The van der Waals surface area contributed by atoms with Gasteiger partial charge in [0, 0.05) is 11.6 Å². The predicted octanol–water partition coefficient (Wildman–Crippen LogP) is 2.21. The van der Waals surface area contributed by atoms with Gasteiger partial charge in [0.05, 0.1) is 18.4 Å². The number of para-hydroxylation sites is 1. The number of aromatic nitrogens is 1. The van der Waals surface area contributed by atoms with Gasteiger partial charge < -0.3 is 9.47 Å². The second kappa shape index (κ2) is 4.14. The summed E-state index contributed by atoms with van der Waals surface area (Å²) in [6.07, 6.45) is 0. The number of carbonyl (C=O) groups excluding carboxylic acids is 1. The number of nitrogens with zero attached hydrogens (tertiary/aromatic N) is 1. The number of ether oxygens (including phenoxy) is 2. The summed E-state index contributed by atoms with van der Waals surface area (Å²) in [5.74, 6) is 1.02. The molecule has 0 saturated carbocycles. The number of hydrogen-bond donors (Lipinski definition) is 0. The predicted molar refractivity (Wildman–Crippen MR) is 65.0 cm³/mol. The van der Waals surface area contributed by atoms with Crippen molar-refractivity contribution in [3.8, 4) is 11.6 Å². The Hall–Kier alpha value is -2.36. The fourth-order valence-electron chi connectivity index (χ4n) is 1.98. The van der Waals surface area contributed by atoms with Gasteiger partial charge in [0.25, 0.3) is 0 Å². The topological polar surface area (TPSA) is 48.4 Å². The van der Waals surface area contributed by atoms with Crippen molar-refractivity contribution in [1.29, 1.82) is 0 Å². The number of carbonyl (C=O) groups is 1. The third-order valence-corrected chi connectivity index (χ3v) is 2.90. The SMILES string of the molecule is COc1ccc2c(n1)COc1ccccc1C2=O. The second-order valence-corrected chi connectivity index (χ2v) is 3.96. The van der Waals surface area contributed by atoms with E-state index in [9.17, 15) is 4.79 Å². The normalized spacial score (nSPS) is 13.1. The van der Waals surface area contributed by atoms with Crippen LogP contribution in [0.15, 0.2) is 36.4 Å². The Morgan fingerprint density at radius 1 is 1.17 bits per heavy atom. The average Bonchev–Trinajstić information content (AvgIpc) is 2.57. The summed E-state index contributed by atoms with van der Waals surface area (Å²) >= 11 is 0. The van der Waals surface area contributed by atoms with E-state index < -0.39 is 0 Å². The smallest absolute Gasteiger partial charge is 0.213 e. The Balaban J connectivity index is 2.15. The van der Waals surface area contributed by atoms with E-state index in [1.54, 1.807) is 31.4 Å². The first-order valence-corrected chi connectivity index (χ1v) is 5.60. The quantitative estimate of drug-likeness (QED) is 0.768. The number of methoxy groups -OCH3 is 1. The van der Waals surface area contributed by atoms with Crippen LogP contribution in [0.4, 0.5) is 0 Å². The molecule has 0 aliphatic carbocycles. The Kier molecular flexibility index (Phi) is 2.48. The van der Waals surface area contributed by atoms with Crippen LogP contribution in [-0.4, -0.2) is 17.9 Å². The minimum Gasteiger partial charge on any atom is -0.486 e. The van der Waals surface area contributed by atoms with Crippen molar-refractivity contribution >= 4 is 5.78 Å². The van der Waals surface area contributed by atoms with E-state index in [1.807, 2.05) is 12.1 Å². The van der Waals surface area contributed by atoms with E-state index in [4.69, 9.17) is 9.47 Å². The molecule has 0 N–H and O–H groups in total. The van der Waals surface area contributed by atoms with E-state index in [1.165, 1.54) is 0 Å². The third kappa shape index (κ3) is 1.62. The van der Waals surface area contributed by atoms with E-state index in [0.29, 0.717) is 28.5 Å². The number of ketones is 1. The van der Waals surface area contributed by atoms with Crippen LogP contribution in [-0.2, 0) is 6.61 Å². The highest BCUT2D eigenvalue weighted by Gasteiger charge is 2.23. The van der Waals surface area contributed by atoms with Gasteiger partial charge in [-0.2, -0.15) is 0 Å². The molecule has 0 unspecified atom stereocenters. The molecule has 3 rings (SSSR count). The standard InChI is InChI=1S/C14H11NO3/c1-17-13-7-6-9-11(15-13)8-18-12-5-3-2-4-10(12)14(9)16/h2-7H,8H2,1H3. The van der Waals surface area contributed by atoms with Crippen LogP contribution >= 0.6 is 0 Å². The summed E-state index contributed by atoms with van der Waals surface area (Å²) in [5.41, 5.74) is 1.75. The Bertz CT molecular complexity index is 622. The molecule has 0 fully saturated rings. The molecule has 2 aromatic rings. The highest BCUT2D eigenvalue weighted by molar-refractivity contribution is 6.11. The Morgan fingerprint density at radius 3 is 2.83 bits per heavy atom. The number of pyridine rings is 1. The summed E-state index contributed by atoms with van der Waals surface area (Å²) in [7, 11) is 1.54. The lowest BCUT2D eigenvalue weighted by Gasteiger charge is -2.05. The first-order chi connectivity index (χ1) is 8.79. The molecule has 1 aromatic heterocycles. The molecule has 4 heteroatoms. The lowest BCUT2D eigenvalue weighted by molar-refractivity contribution is 0.103. The summed E-state index contributed by atoms with van der Waals surface area (Å²) < 4.78 is 10.7. The molecule has 0 amide bonds. The molecular weight excluding hydrogens is 230 g/mol. The molecule has 0 spiro atoms. The van der Waals surface area contributed by atoms with Gasteiger partial charge in [0.1, 0.15) is 12.4 Å². The second-order valence-electron chi connectivity index (χ2n) is 3.96. The van der Waals surface area contributed by atoms with E-state index >= 15 is 0 Å². The number of rotatable bonds is 1. The molecule has 90 valence electrons. The van der Waals surface area contributed by atoms with Gasteiger partial charge in [-0.3, -0.25) is 4.79 Å². The van der Waals surface area contributed by atoms with Crippen LogP contribution in [0.5, 0.6) is 11.6 Å². The van der Waals surface area contributed by atoms with Crippen LogP contribution in [0.2, 0.25) is 0 Å². The highest BCUT2D eigenvalue weighted by Crippen LogP contribution is 2.28. The van der Waals surface area contributed by atoms with Gasteiger partial charge in [0.2, 0.25) is 5.88 Å². The Labute approximate surface area is 104 Å². The molecule has 0 bridgehead atoms. The van der Waals surface area contributed by atoms with Gasteiger partial charge >= 0.3 is 0 Å². The van der Waals surface area contributed by atoms with Crippen LogP contribution in [0.25, 0.3) is 0 Å². The van der Waals surface area contributed by atoms with Gasteiger partial charge in [-0.15, -0.1) is 0 Å². The minimum atomic E-state index is -0.0618. The van der Waals surface area contributed by atoms with Crippen molar-refractivity contribution in [2.75, 3.05) is 7.11 Å². The molecule has 1 aromatic carbocycles. The van der Waals surface area contributed by atoms with Crippen LogP contribution < -0.4 is 9.47 Å². The zero-order valence-electron chi connectivity index (χ0n) is 9.84. The molecule has 1 aliphatic rings. The summed E-state index contributed by atoms with van der Waals surface area (Å²) in [5, 5.41) is 0. The summed E-state index contributed by atoms with van der Waals surface area (Å²) in [4.78, 5) is 16.6. The Morgan fingerprint density at radius 2 is 2.00 bits per heavy atom. The zero-order chi connectivity index (χ0) is 12.5. The van der Waals surface area contributed by atoms with E-state index in [-0.39, 0.29) is 12.4 Å². The van der Waals surface area contributed by atoms with Crippen molar-refractivity contribution in [2.24, 2.45) is 0 Å². The first-order valence-electron chi connectivity index (χ1n) is 5.60. The monoisotopic (exact) mass is 241 g/mol. The minimum absolute atomic E-state index is 0.0618. The lowest BCUT2D eigenvalue weighted by atomic mass is 10.0. The number of benzene rings is 1. The number of fused-ring (bicyclic) bond motifs is 2. The molecule has 0 saturated heterocycles. The van der Waals surface area contributed by atoms with Gasteiger partial charge in [-0.1, -0.05) is 12.1 Å². The van der Waals surface area contributed by atoms with Gasteiger partial charge in [0.15, 0.2) is 5.78 Å². The maximum absolute atomic E-state index is 12.4. The van der Waals surface area contributed by atoms with Crippen molar-refractivity contribution in [1.82, 2.24) is 4.98 Å². The summed E-state index contributed by atoms with van der Waals surface area (Å²) in [6.45, 7) is 0.273. The van der Waals surface area contributed by atoms with E-state index in [0.717, 1.165) is 0 Å². The van der Waals surface area contributed by atoms with Gasteiger partial charge in [-0.25, -0.2) is 4.98 Å². The van der Waals surface area contributed by atoms with Crippen LogP contribution in [0, 0.1) is 0 Å². The molecule has 1 aliphatic heterocycles. The number of hydrogen-bond acceptors (Lipinski definition) is 4. The fraction of sp³-hybridized carbons (Fsp3) is 0.143.